The van der Waals surface area contributed by atoms with Crippen LogP contribution in [-0.2, 0) is 32.7 Å². The van der Waals surface area contributed by atoms with Crippen LogP contribution in [-0.4, -0.2) is 0 Å². The van der Waals surface area contributed by atoms with Gasteiger partial charge in [0.2, 0.25) is 5.69 Å². The van der Waals surface area contributed by atoms with Gasteiger partial charge < -0.3 is 0 Å². The summed E-state index contributed by atoms with van der Waals surface area (Å²) in [5, 5.41) is 0. The number of pyridine rings is 1. The summed E-state index contributed by atoms with van der Waals surface area (Å²) in [6, 6.07) is 8.92. The molecule has 0 atom stereocenters. The minimum absolute atomic E-state index is 1.26. The molecular formula is C21H26N+. The van der Waals surface area contributed by atoms with Crippen molar-refractivity contribution in [2.75, 3.05) is 0 Å². The zero-order valence-electron chi connectivity index (χ0n) is 13.9. The molecule has 0 saturated carbocycles. The molecule has 1 aromatic carbocycles. The molecule has 1 aromatic heterocycles. The second kappa shape index (κ2) is 5.53. The molecule has 1 heteroatoms. The maximum Gasteiger partial charge on any atom is 0.216 e. The van der Waals surface area contributed by atoms with Crippen molar-refractivity contribution in [2.45, 2.75) is 58.3 Å². The third kappa shape index (κ3) is 2.10. The highest BCUT2D eigenvalue weighted by Crippen LogP contribution is 2.36. The molecule has 0 N–H and O–H groups in total. The van der Waals surface area contributed by atoms with Gasteiger partial charge in [0.25, 0.3) is 0 Å². The van der Waals surface area contributed by atoms with Crippen LogP contribution in [0.4, 0.5) is 0 Å². The van der Waals surface area contributed by atoms with E-state index in [9.17, 15) is 0 Å². The highest BCUT2D eigenvalue weighted by molar-refractivity contribution is 5.67. The van der Waals surface area contributed by atoms with Gasteiger partial charge in [-0.25, -0.2) is 0 Å². The average molecular weight is 292 g/mol. The Morgan fingerprint density at radius 3 is 2.18 bits per heavy atom. The fraction of sp³-hybridized carbons (Fsp3) is 0.476. The van der Waals surface area contributed by atoms with Gasteiger partial charge in [0.15, 0.2) is 5.69 Å². The van der Waals surface area contributed by atoms with Crippen molar-refractivity contribution in [3.05, 3.63) is 52.2 Å². The smallest absolute Gasteiger partial charge is 0.198 e. The zero-order chi connectivity index (χ0) is 15.1. The lowest BCUT2D eigenvalue weighted by Crippen LogP contribution is -2.41. The lowest BCUT2D eigenvalue weighted by molar-refractivity contribution is -0.669. The first-order valence-electron chi connectivity index (χ1n) is 8.89. The van der Waals surface area contributed by atoms with Crippen molar-refractivity contribution in [1.82, 2.24) is 0 Å². The number of aromatic nitrogens is 1. The van der Waals surface area contributed by atoms with Crippen molar-refractivity contribution in [2.24, 2.45) is 7.05 Å². The van der Waals surface area contributed by atoms with Gasteiger partial charge >= 0.3 is 0 Å². The summed E-state index contributed by atoms with van der Waals surface area (Å²) < 4.78 is 2.54. The quantitative estimate of drug-likeness (QED) is 0.692. The van der Waals surface area contributed by atoms with Crippen LogP contribution in [0.1, 0.15) is 53.6 Å². The minimum Gasteiger partial charge on any atom is -0.198 e. The number of rotatable bonds is 1. The van der Waals surface area contributed by atoms with Gasteiger partial charge in [0, 0.05) is 23.1 Å². The van der Waals surface area contributed by atoms with E-state index in [2.05, 4.69) is 42.8 Å². The standard InChI is InChI=1S/C21H26N/c1-15-9-3-4-10-16(15)21-19-13-6-5-11-17(19)18-12-7-8-14-20(18)22(21)2/h3-4,9-10H,5-8,11-14H2,1-2H3/q+1. The topological polar surface area (TPSA) is 3.88 Å². The lowest BCUT2D eigenvalue weighted by atomic mass is 9.80. The normalized spacial score (nSPS) is 17.0. The summed E-state index contributed by atoms with van der Waals surface area (Å²) in [5.74, 6) is 0. The van der Waals surface area contributed by atoms with Crippen molar-refractivity contribution in [3.63, 3.8) is 0 Å². The van der Waals surface area contributed by atoms with E-state index in [0.29, 0.717) is 0 Å². The van der Waals surface area contributed by atoms with Gasteiger partial charge in [-0.15, -0.1) is 0 Å². The van der Waals surface area contributed by atoms with Gasteiger partial charge in [-0.3, -0.25) is 0 Å². The third-order valence-electron chi connectivity index (χ3n) is 5.70. The van der Waals surface area contributed by atoms with Crippen LogP contribution in [0.3, 0.4) is 0 Å². The number of hydrogen-bond acceptors (Lipinski definition) is 0. The molecule has 0 radical (unpaired) electrons. The van der Waals surface area contributed by atoms with Gasteiger partial charge in [0.05, 0.1) is 0 Å². The lowest BCUT2D eigenvalue weighted by Gasteiger charge is -2.26. The molecule has 1 nitrogen and oxygen atoms in total. The van der Waals surface area contributed by atoms with Gasteiger partial charge in [-0.1, -0.05) is 18.2 Å². The van der Waals surface area contributed by atoms with Crippen LogP contribution in [0.25, 0.3) is 11.3 Å². The van der Waals surface area contributed by atoms with Crippen LogP contribution < -0.4 is 4.57 Å². The molecule has 0 saturated heterocycles. The molecule has 0 amide bonds. The van der Waals surface area contributed by atoms with Crippen LogP contribution in [0.5, 0.6) is 0 Å². The molecular weight excluding hydrogens is 266 g/mol. The van der Waals surface area contributed by atoms with E-state index in [4.69, 9.17) is 0 Å². The Morgan fingerprint density at radius 1 is 0.773 bits per heavy atom. The molecule has 0 unspecified atom stereocenters. The monoisotopic (exact) mass is 292 g/mol. The zero-order valence-corrected chi connectivity index (χ0v) is 13.9. The van der Waals surface area contributed by atoms with E-state index in [0.717, 1.165) is 0 Å². The Balaban J connectivity index is 2.04. The fourth-order valence-corrected chi connectivity index (χ4v) is 4.60. The Morgan fingerprint density at radius 2 is 1.41 bits per heavy atom. The van der Waals surface area contributed by atoms with Crippen molar-refractivity contribution >= 4 is 0 Å². The molecule has 2 aromatic rings. The molecule has 22 heavy (non-hydrogen) atoms. The number of benzene rings is 1. The molecule has 0 fully saturated rings. The minimum atomic E-state index is 1.26. The molecule has 1 heterocycles. The highest BCUT2D eigenvalue weighted by Gasteiger charge is 2.31. The van der Waals surface area contributed by atoms with Crippen LogP contribution in [0.2, 0.25) is 0 Å². The van der Waals surface area contributed by atoms with E-state index in [-0.39, 0.29) is 0 Å². The highest BCUT2D eigenvalue weighted by atomic mass is 15.0. The first-order valence-corrected chi connectivity index (χ1v) is 8.89. The Kier molecular flexibility index (Phi) is 3.52. The summed E-state index contributed by atoms with van der Waals surface area (Å²) in [4.78, 5) is 0. The van der Waals surface area contributed by atoms with E-state index >= 15 is 0 Å². The molecule has 4 rings (SSSR count). The third-order valence-corrected chi connectivity index (χ3v) is 5.70. The Hall–Kier alpha value is -1.63. The maximum atomic E-state index is 2.54. The molecule has 2 aliphatic carbocycles. The summed E-state index contributed by atoms with van der Waals surface area (Å²) in [7, 11) is 2.31. The molecule has 2 aliphatic rings. The van der Waals surface area contributed by atoms with Gasteiger partial charge in [-0.05, 0) is 69.1 Å². The van der Waals surface area contributed by atoms with Crippen LogP contribution in [0, 0.1) is 6.92 Å². The molecule has 0 spiro atoms. The SMILES string of the molecule is Cc1ccccc1-c1c2c(c3c([n+]1C)CCCC3)CCCC2. The molecule has 0 bridgehead atoms. The molecule has 0 aliphatic heterocycles. The fourth-order valence-electron chi connectivity index (χ4n) is 4.60. The first kappa shape index (κ1) is 14.0. The summed E-state index contributed by atoms with van der Waals surface area (Å²) >= 11 is 0. The van der Waals surface area contributed by atoms with Crippen molar-refractivity contribution in [1.29, 1.82) is 0 Å². The van der Waals surface area contributed by atoms with Gasteiger partial charge in [-0.2, -0.15) is 4.57 Å². The predicted molar refractivity (Wildman–Crippen MR) is 91.1 cm³/mol. The number of nitrogens with zero attached hydrogens (tertiary/aromatic N) is 1. The van der Waals surface area contributed by atoms with Crippen molar-refractivity contribution in [3.8, 4) is 11.3 Å². The first-order chi connectivity index (χ1) is 10.8. The second-order valence-electron chi connectivity index (χ2n) is 7.02. The number of hydrogen-bond donors (Lipinski definition) is 0. The van der Waals surface area contributed by atoms with E-state index in [1.54, 1.807) is 22.4 Å². The predicted octanol–water partition coefficient (Wildman–Crippen LogP) is 4.24. The van der Waals surface area contributed by atoms with E-state index in [1.165, 1.54) is 68.2 Å². The Bertz CT molecular complexity index is 727. The summed E-state index contributed by atoms with van der Waals surface area (Å²) in [5.41, 5.74) is 11.1. The number of fused-ring (bicyclic) bond motifs is 3. The Labute approximate surface area is 134 Å². The van der Waals surface area contributed by atoms with E-state index < -0.39 is 0 Å². The second-order valence-corrected chi connectivity index (χ2v) is 7.02. The molecule has 114 valence electrons. The average Bonchev–Trinajstić information content (AvgIpc) is 2.57. The van der Waals surface area contributed by atoms with Crippen LogP contribution >= 0.6 is 0 Å². The summed E-state index contributed by atoms with van der Waals surface area (Å²) in [6.45, 7) is 2.25. The van der Waals surface area contributed by atoms with Crippen LogP contribution in [0.15, 0.2) is 24.3 Å². The summed E-state index contributed by atoms with van der Waals surface area (Å²) in [6.07, 6.45) is 10.6. The van der Waals surface area contributed by atoms with E-state index in [1.807, 2.05) is 0 Å². The van der Waals surface area contributed by atoms with Gasteiger partial charge in [0.1, 0.15) is 7.05 Å². The number of aryl methyl sites for hydroxylation is 1. The van der Waals surface area contributed by atoms with Crippen molar-refractivity contribution < 1.29 is 4.57 Å². The largest absolute Gasteiger partial charge is 0.216 e. The maximum absolute atomic E-state index is 2.54.